The van der Waals surface area contributed by atoms with Crippen molar-refractivity contribution in [1.29, 1.82) is 0 Å². The number of rotatable bonds is 7. The first-order chi connectivity index (χ1) is 14.1. The van der Waals surface area contributed by atoms with Gasteiger partial charge < -0.3 is 25.4 Å². The van der Waals surface area contributed by atoms with Crippen LogP contribution in [0.4, 0.5) is 5.82 Å². The Kier molecular flexibility index (Phi) is 5.72. The smallest absolute Gasteiger partial charge is 0.167 e. The van der Waals surface area contributed by atoms with E-state index in [-0.39, 0.29) is 6.61 Å². The summed E-state index contributed by atoms with van der Waals surface area (Å²) in [4.78, 5) is 12.9. The largest absolute Gasteiger partial charge is 0.394 e. The second-order valence-electron chi connectivity index (χ2n) is 7.20. The van der Waals surface area contributed by atoms with Crippen molar-refractivity contribution in [2.24, 2.45) is 0 Å². The summed E-state index contributed by atoms with van der Waals surface area (Å²) in [5.74, 6) is 0.568. The lowest BCUT2D eigenvalue weighted by Crippen LogP contribution is -2.33. The van der Waals surface area contributed by atoms with Gasteiger partial charge in [0.25, 0.3) is 0 Å². The Hall–Kier alpha value is -2.59. The fraction of sp³-hybridized carbons (Fsp3) is 0.450. The average molecular weight is 399 g/mol. The van der Waals surface area contributed by atoms with Crippen LogP contribution in [0.3, 0.4) is 0 Å². The molecular weight excluding hydrogens is 374 g/mol. The summed E-state index contributed by atoms with van der Waals surface area (Å²) in [6.07, 6.45) is 0.963. The van der Waals surface area contributed by atoms with Gasteiger partial charge in [0, 0.05) is 6.54 Å². The van der Waals surface area contributed by atoms with Crippen LogP contribution in [-0.4, -0.2) is 59.8 Å². The highest BCUT2D eigenvalue weighted by molar-refractivity contribution is 5.82. The maximum atomic E-state index is 10.3. The summed E-state index contributed by atoms with van der Waals surface area (Å²) in [5.41, 5.74) is 3.45. The molecule has 1 saturated heterocycles. The first-order valence-electron chi connectivity index (χ1n) is 9.74. The number of anilines is 1. The lowest BCUT2D eigenvalue weighted by molar-refractivity contribution is -0.0511. The van der Waals surface area contributed by atoms with Crippen LogP contribution in [0.1, 0.15) is 30.7 Å². The zero-order chi connectivity index (χ0) is 20.4. The summed E-state index contributed by atoms with van der Waals surface area (Å²) >= 11 is 0. The van der Waals surface area contributed by atoms with E-state index in [1.54, 1.807) is 4.57 Å². The summed E-state index contributed by atoms with van der Waals surface area (Å²) in [6, 6.07) is 8.45. The van der Waals surface area contributed by atoms with E-state index in [1.807, 2.05) is 0 Å². The molecule has 4 N–H and O–H groups in total. The molecule has 2 aromatic heterocycles. The number of imidazole rings is 1. The maximum Gasteiger partial charge on any atom is 0.167 e. The topological polar surface area (TPSA) is 126 Å². The van der Waals surface area contributed by atoms with Crippen molar-refractivity contribution in [3.63, 3.8) is 0 Å². The predicted molar refractivity (Wildman–Crippen MR) is 106 cm³/mol. The molecule has 0 saturated carbocycles. The van der Waals surface area contributed by atoms with Crippen molar-refractivity contribution in [2.75, 3.05) is 11.9 Å². The number of aromatic nitrogens is 4. The molecule has 4 atom stereocenters. The highest BCUT2D eigenvalue weighted by Gasteiger charge is 2.44. The van der Waals surface area contributed by atoms with E-state index in [4.69, 9.17) is 4.74 Å². The fourth-order valence-corrected chi connectivity index (χ4v) is 3.58. The minimum atomic E-state index is -1.20. The van der Waals surface area contributed by atoms with E-state index in [0.717, 1.165) is 18.4 Å². The Morgan fingerprint density at radius 1 is 1.07 bits per heavy atom. The molecule has 4 rings (SSSR count). The summed E-state index contributed by atoms with van der Waals surface area (Å²) in [5, 5.41) is 32.9. The van der Waals surface area contributed by atoms with Crippen molar-refractivity contribution < 1.29 is 20.1 Å². The maximum absolute atomic E-state index is 10.3. The molecule has 1 fully saturated rings. The molecule has 0 amide bonds. The van der Waals surface area contributed by atoms with Crippen LogP contribution in [0, 0.1) is 0 Å². The van der Waals surface area contributed by atoms with E-state index >= 15 is 0 Å². The Morgan fingerprint density at radius 2 is 1.83 bits per heavy atom. The number of hydrogen-bond donors (Lipinski definition) is 4. The molecule has 154 valence electrons. The van der Waals surface area contributed by atoms with Crippen molar-refractivity contribution in [3.05, 3.63) is 48.0 Å². The number of ether oxygens (including phenoxy) is 1. The highest BCUT2D eigenvalue weighted by atomic mass is 16.6. The van der Waals surface area contributed by atoms with E-state index < -0.39 is 24.5 Å². The molecule has 0 radical (unpaired) electrons. The summed E-state index contributed by atoms with van der Waals surface area (Å²) in [7, 11) is 0. The van der Waals surface area contributed by atoms with E-state index in [1.165, 1.54) is 18.2 Å². The Bertz CT molecular complexity index is 961. The van der Waals surface area contributed by atoms with Gasteiger partial charge in [-0.1, -0.05) is 37.6 Å². The van der Waals surface area contributed by atoms with Gasteiger partial charge in [-0.25, -0.2) is 15.0 Å². The number of aryl methyl sites for hydroxylation is 1. The molecule has 0 spiro atoms. The molecule has 9 heteroatoms. The lowest BCUT2D eigenvalue weighted by atomic mass is 10.1. The van der Waals surface area contributed by atoms with Crippen molar-refractivity contribution >= 4 is 17.0 Å². The number of benzene rings is 1. The van der Waals surface area contributed by atoms with E-state index in [2.05, 4.69) is 51.5 Å². The molecular formula is C20H25N5O4. The van der Waals surface area contributed by atoms with Gasteiger partial charge in [-0.05, 0) is 17.5 Å². The standard InChI is InChI=1S/C20H25N5O4/c1-2-3-12-4-6-13(7-5-12)8-21-18-15-19(23-10-22-18)25(11-24-15)20-17(28)16(27)14(9-26)29-20/h4-7,10-11,14,16-17,20,26-28H,2-3,8-9H2,1H3,(H,21,22,23)/t14-,16-,17-,20?/m1/s1. The minimum Gasteiger partial charge on any atom is -0.394 e. The molecule has 29 heavy (non-hydrogen) atoms. The molecule has 9 nitrogen and oxygen atoms in total. The van der Waals surface area contributed by atoms with Crippen molar-refractivity contribution in [3.8, 4) is 0 Å². The van der Waals surface area contributed by atoms with Crippen molar-refractivity contribution in [1.82, 2.24) is 19.5 Å². The van der Waals surface area contributed by atoms with Crippen LogP contribution in [0.2, 0.25) is 0 Å². The SMILES string of the molecule is CCCc1ccc(CNc2ncnc3c2ncn3C2O[C@H](CO)[C@@H](O)[C@H]2O)cc1. The van der Waals surface area contributed by atoms with Crippen LogP contribution in [0.15, 0.2) is 36.9 Å². The van der Waals surface area contributed by atoms with Crippen LogP contribution in [0.5, 0.6) is 0 Å². The predicted octanol–water partition coefficient (Wildman–Crippen LogP) is 1.00. The molecule has 1 aliphatic heterocycles. The van der Waals surface area contributed by atoms with Crippen LogP contribution in [-0.2, 0) is 17.7 Å². The fourth-order valence-electron chi connectivity index (χ4n) is 3.58. The second kappa shape index (κ2) is 8.42. The molecule has 0 aliphatic carbocycles. The lowest BCUT2D eigenvalue weighted by Gasteiger charge is -2.16. The van der Waals surface area contributed by atoms with Gasteiger partial charge in [-0.3, -0.25) is 4.57 Å². The first-order valence-corrected chi connectivity index (χ1v) is 9.74. The molecule has 3 aromatic rings. The number of aliphatic hydroxyl groups excluding tert-OH is 3. The van der Waals surface area contributed by atoms with Crippen LogP contribution < -0.4 is 5.32 Å². The monoisotopic (exact) mass is 399 g/mol. The van der Waals surface area contributed by atoms with Crippen LogP contribution >= 0.6 is 0 Å². The van der Waals surface area contributed by atoms with E-state index in [0.29, 0.717) is 23.5 Å². The first kappa shape index (κ1) is 19.7. The Labute approximate surface area is 168 Å². The number of aliphatic hydroxyl groups is 3. The molecule has 1 unspecified atom stereocenters. The molecule has 3 heterocycles. The van der Waals surface area contributed by atoms with Gasteiger partial charge in [0.1, 0.15) is 24.6 Å². The van der Waals surface area contributed by atoms with Crippen LogP contribution in [0.25, 0.3) is 11.2 Å². The second-order valence-corrected chi connectivity index (χ2v) is 7.20. The number of nitrogens with one attached hydrogen (secondary N) is 1. The number of fused-ring (bicyclic) bond motifs is 1. The number of nitrogens with zero attached hydrogens (tertiary/aromatic N) is 4. The third-order valence-electron chi connectivity index (χ3n) is 5.17. The zero-order valence-corrected chi connectivity index (χ0v) is 16.1. The third-order valence-corrected chi connectivity index (χ3v) is 5.17. The quantitative estimate of drug-likeness (QED) is 0.464. The van der Waals surface area contributed by atoms with Gasteiger partial charge in [-0.15, -0.1) is 0 Å². The van der Waals surface area contributed by atoms with Crippen molar-refractivity contribution in [2.45, 2.75) is 50.8 Å². The summed E-state index contributed by atoms with van der Waals surface area (Å²) < 4.78 is 7.13. The summed E-state index contributed by atoms with van der Waals surface area (Å²) in [6.45, 7) is 2.36. The highest BCUT2D eigenvalue weighted by Crippen LogP contribution is 2.32. The molecule has 0 bridgehead atoms. The normalized spacial score (nSPS) is 24.3. The van der Waals surface area contributed by atoms with Gasteiger partial charge in [-0.2, -0.15) is 0 Å². The van der Waals surface area contributed by atoms with Gasteiger partial charge in [0.2, 0.25) is 0 Å². The van der Waals surface area contributed by atoms with Gasteiger partial charge in [0.05, 0.1) is 12.9 Å². The molecule has 1 aromatic carbocycles. The Balaban J connectivity index is 1.53. The molecule has 1 aliphatic rings. The van der Waals surface area contributed by atoms with Gasteiger partial charge >= 0.3 is 0 Å². The third kappa shape index (κ3) is 3.82. The number of hydrogen-bond acceptors (Lipinski definition) is 8. The average Bonchev–Trinajstić information content (AvgIpc) is 3.29. The Morgan fingerprint density at radius 3 is 2.52 bits per heavy atom. The zero-order valence-electron chi connectivity index (χ0n) is 16.1. The van der Waals surface area contributed by atoms with E-state index in [9.17, 15) is 15.3 Å². The minimum absolute atomic E-state index is 0.389. The van der Waals surface area contributed by atoms with Gasteiger partial charge in [0.15, 0.2) is 23.2 Å².